The summed E-state index contributed by atoms with van der Waals surface area (Å²) in [6.45, 7) is 5.07. The van der Waals surface area contributed by atoms with Crippen molar-refractivity contribution in [1.82, 2.24) is 0 Å². The van der Waals surface area contributed by atoms with E-state index in [1.807, 2.05) is 12.1 Å². The predicted octanol–water partition coefficient (Wildman–Crippen LogP) is 4.35. The van der Waals surface area contributed by atoms with E-state index in [-0.39, 0.29) is 24.7 Å². The standard InChI is InChI=1S/C26H31NO6/c1-26(2,3)22(28)16-33-25(30)21-14-15-23(29)27(18-8-12-20(32-5)13-9-18)24(21)17-6-10-19(31-4)11-7-17/h6-13,21,24H,14-16H2,1-5H3. The predicted molar refractivity (Wildman–Crippen MR) is 124 cm³/mol. The zero-order chi connectivity index (χ0) is 24.2. The molecule has 1 fully saturated rings. The topological polar surface area (TPSA) is 82.1 Å². The Bertz CT molecular complexity index is 991. The number of carbonyl (C=O) groups is 3. The summed E-state index contributed by atoms with van der Waals surface area (Å²) in [4.78, 5) is 40.2. The van der Waals surface area contributed by atoms with Crippen LogP contribution in [-0.4, -0.2) is 38.5 Å². The summed E-state index contributed by atoms with van der Waals surface area (Å²) in [7, 11) is 3.15. The molecular weight excluding hydrogens is 422 g/mol. The van der Waals surface area contributed by atoms with Gasteiger partial charge in [0.05, 0.1) is 26.2 Å². The molecule has 0 aromatic heterocycles. The Morgan fingerprint density at radius 3 is 2.00 bits per heavy atom. The number of hydrogen-bond acceptors (Lipinski definition) is 6. The molecule has 1 aliphatic rings. The largest absolute Gasteiger partial charge is 0.497 e. The molecule has 1 saturated heterocycles. The Morgan fingerprint density at radius 2 is 1.48 bits per heavy atom. The summed E-state index contributed by atoms with van der Waals surface area (Å²) < 4.78 is 16.0. The van der Waals surface area contributed by atoms with Gasteiger partial charge >= 0.3 is 5.97 Å². The zero-order valence-electron chi connectivity index (χ0n) is 19.8. The molecule has 0 aliphatic carbocycles. The SMILES string of the molecule is COc1ccc(C2C(C(=O)OCC(=O)C(C)(C)C)CCC(=O)N2c2ccc(OC)cc2)cc1. The van der Waals surface area contributed by atoms with Crippen LogP contribution in [0, 0.1) is 11.3 Å². The van der Waals surface area contributed by atoms with E-state index in [0.29, 0.717) is 23.6 Å². The number of benzene rings is 2. The molecule has 0 spiro atoms. The van der Waals surface area contributed by atoms with Gasteiger partial charge in [-0.15, -0.1) is 0 Å². The highest BCUT2D eigenvalue weighted by Gasteiger charge is 2.42. The number of piperidine rings is 1. The highest BCUT2D eigenvalue weighted by atomic mass is 16.5. The number of nitrogens with zero attached hydrogens (tertiary/aromatic N) is 1. The Hall–Kier alpha value is -3.35. The summed E-state index contributed by atoms with van der Waals surface area (Å²) in [6.07, 6.45) is 0.538. The number of methoxy groups -OCH3 is 2. The Morgan fingerprint density at radius 1 is 0.939 bits per heavy atom. The second-order valence-corrected chi connectivity index (χ2v) is 9.11. The van der Waals surface area contributed by atoms with Gasteiger partial charge in [0.15, 0.2) is 12.4 Å². The molecule has 0 radical (unpaired) electrons. The fourth-order valence-electron chi connectivity index (χ4n) is 3.83. The first kappa shape index (κ1) is 24.3. The lowest BCUT2D eigenvalue weighted by atomic mass is 9.83. The number of ketones is 1. The molecule has 7 heteroatoms. The van der Waals surface area contributed by atoms with Crippen molar-refractivity contribution >= 4 is 23.3 Å². The third-order valence-electron chi connectivity index (χ3n) is 5.89. The van der Waals surface area contributed by atoms with Crippen LogP contribution in [0.3, 0.4) is 0 Å². The van der Waals surface area contributed by atoms with E-state index in [1.54, 1.807) is 76.3 Å². The minimum Gasteiger partial charge on any atom is -0.497 e. The average molecular weight is 454 g/mol. The maximum absolute atomic E-state index is 13.2. The lowest BCUT2D eigenvalue weighted by Gasteiger charge is -2.40. The van der Waals surface area contributed by atoms with Gasteiger partial charge in [0.25, 0.3) is 0 Å². The van der Waals surface area contributed by atoms with Crippen molar-refractivity contribution in [3.8, 4) is 11.5 Å². The minimum atomic E-state index is -0.619. The molecule has 0 N–H and O–H groups in total. The second-order valence-electron chi connectivity index (χ2n) is 9.11. The normalized spacial score (nSPS) is 18.6. The first-order chi connectivity index (χ1) is 15.7. The molecule has 0 saturated carbocycles. The molecule has 2 aromatic carbocycles. The third kappa shape index (κ3) is 5.53. The van der Waals surface area contributed by atoms with Gasteiger partial charge in [-0.3, -0.25) is 14.4 Å². The fourth-order valence-corrected chi connectivity index (χ4v) is 3.83. The molecule has 2 atom stereocenters. The van der Waals surface area contributed by atoms with E-state index < -0.39 is 23.3 Å². The number of rotatable bonds is 7. The second kappa shape index (κ2) is 10.1. The van der Waals surface area contributed by atoms with Crippen molar-refractivity contribution in [3.05, 3.63) is 54.1 Å². The molecule has 1 amide bonds. The average Bonchev–Trinajstić information content (AvgIpc) is 2.81. The van der Waals surface area contributed by atoms with Gasteiger partial charge in [-0.2, -0.15) is 0 Å². The number of amides is 1. The van der Waals surface area contributed by atoms with Crippen LogP contribution in [0.15, 0.2) is 48.5 Å². The number of esters is 1. The maximum atomic E-state index is 13.2. The zero-order valence-corrected chi connectivity index (χ0v) is 19.8. The lowest BCUT2D eigenvalue weighted by Crippen LogP contribution is -2.46. The number of carbonyl (C=O) groups excluding carboxylic acids is 3. The third-order valence-corrected chi connectivity index (χ3v) is 5.89. The van der Waals surface area contributed by atoms with E-state index in [1.165, 1.54) is 0 Å². The summed E-state index contributed by atoms with van der Waals surface area (Å²) in [5.74, 6) is -0.00964. The van der Waals surface area contributed by atoms with Gasteiger partial charge in [0, 0.05) is 17.5 Å². The molecule has 7 nitrogen and oxygen atoms in total. The summed E-state index contributed by atoms with van der Waals surface area (Å²) in [6, 6.07) is 13.8. The molecule has 0 bridgehead atoms. The molecule has 33 heavy (non-hydrogen) atoms. The molecule has 1 heterocycles. The van der Waals surface area contributed by atoms with Crippen molar-refractivity contribution in [1.29, 1.82) is 0 Å². The number of hydrogen-bond donors (Lipinski definition) is 0. The van der Waals surface area contributed by atoms with E-state index >= 15 is 0 Å². The Kier molecular flexibility index (Phi) is 7.41. The van der Waals surface area contributed by atoms with Crippen molar-refractivity contribution in [3.63, 3.8) is 0 Å². The lowest BCUT2D eigenvalue weighted by molar-refractivity contribution is -0.155. The quantitative estimate of drug-likeness (QED) is 0.580. The fraction of sp³-hybridized carbons (Fsp3) is 0.423. The van der Waals surface area contributed by atoms with E-state index in [4.69, 9.17) is 14.2 Å². The van der Waals surface area contributed by atoms with E-state index in [2.05, 4.69) is 0 Å². The maximum Gasteiger partial charge on any atom is 0.311 e. The van der Waals surface area contributed by atoms with E-state index in [9.17, 15) is 14.4 Å². The van der Waals surface area contributed by atoms with Gasteiger partial charge in [0.2, 0.25) is 5.91 Å². The summed E-state index contributed by atoms with van der Waals surface area (Å²) >= 11 is 0. The summed E-state index contributed by atoms with van der Waals surface area (Å²) in [5, 5.41) is 0. The van der Waals surface area contributed by atoms with Gasteiger partial charge in [0.1, 0.15) is 11.5 Å². The van der Waals surface area contributed by atoms with Crippen LogP contribution in [0.1, 0.15) is 45.2 Å². The van der Waals surface area contributed by atoms with Crippen LogP contribution in [-0.2, 0) is 19.1 Å². The van der Waals surface area contributed by atoms with Gasteiger partial charge in [-0.05, 0) is 48.4 Å². The van der Waals surface area contributed by atoms with Crippen LogP contribution in [0.5, 0.6) is 11.5 Å². The molecule has 1 aliphatic heterocycles. The van der Waals surface area contributed by atoms with Crippen molar-refractivity contribution in [2.75, 3.05) is 25.7 Å². The highest BCUT2D eigenvalue weighted by Crippen LogP contribution is 2.41. The molecule has 3 rings (SSSR count). The Labute approximate surface area is 194 Å². The van der Waals surface area contributed by atoms with Crippen molar-refractivity contribution < 1.29 is 28.6 Å². The smallest absolute Gasteiger partial charge is 0.311 e. The first-order valence-electron chi connectivity index (χ1n) is 11.0. The van der Waals surface area contributed by atoms with E-state index in [0.717, 1.165) is 5.56 Å². The van der Waals surface area contributed by atoms with Crippen molar-refractivity contribution in [2.45, 2.75) is 39.7 Å². The van der Waals surface area contributed by atoms with Gasteiger partial charge in [-0.25, -0.2) is 0 Å². The molecule has 2 unspecified atom stereocenters. The Balaban J connectivity index is 1.97. The molecule has 176 valence electrons. The van der Waals surface area contributed by atoms with Gasteiger partial charge < -0.3 is 19.1 Å². The van der Waals surface area contributed by atoms with Gasteiger partial charge in [-0.1, -0.05) is 32.9 Å². The first-order valence-corrected chi connectivity index (χ1v) is 11.0. The van der Waals surface area contributed by atoms with Crippen LogP contribution in [0.2, 0.25) is 0 Å². The minimum absolute atomic E-state index is 0.0872. The number of Topliss-reactive ketones (excluding diaryl/α,β-unsaturated/α-hetero) is 1. The van der Waals surface area contributed by atoms with Crippen LogP contribution < -0.4 is 14.4 Å². The van der Waals surface area contributed by atoms with Crippen LogP contribution >= 0.6 is 0 Å². The number of anilines is 1. The van der Waals surface area contributed by atoms with Crippen molar-refractivity contribution in [2.24, 2.45) is 11.3 Å². The molecule has 2 aromatic rings. The summed E-state index contributed by atoms with van der Waals surface area (Å²) in [5.41, 5.74) is 0.835. The monoisotopic (exact) mass is 453 g/mol. The van der Waals surface area contributed by atoms with Crippen LogP contribution in [0.25, 0.3) is 0 Å². The number of ether oxygens (including phenoxy) is 3. The molecular formula is C26H31NO6. The van der Waals surface area contributed by atoms with Crippen LogP contribution in [0.4, 0.5) is 5.69 Å². The highest BCUT2D eigenvalue weighted by molar-refractivity contribution is 5.97.